The Morgan fingerprint density at radius 2 is 2.17 bits per heavy atom. The second-order valence-corrected chi connectivity index (χ2v) is 2.19. The van der Waals surface area contributed by atoms with Gasteiger partial charge in [0.05, 0.1) is 0 Å². The van der Waals surface area contributed by atoms with Crippen molar-refractivity contribution < 1.29 is 13.8 Å². The normalized spacial score (nSPS) is 16.8. The Hall–Kier alpha value is -0.0100. The Kier molecular flexibility index (Phi) is 2.21. The van der Waals surface area contributed by atoms with Crippen molar-refractivity contribution in [2.24, 2.45) is 0 Å². The van der Waals surface area contributed by atoms with Gasteiger partial charge in [0.2, 0.25) is 0 Å². The Labute approximate surface area is 35.9 Å². The van der Waals surface area contributed by atoms with E-state index < -0.39 is 13.9 Å². The first-order valence-corrected chi connectivity index (χ1v) is 2.72. The molecule has 0 amide bonds. The van der Waals surface area contributed by atoms with Crippen molar-refractivity contribution in [3.8, 4) is 0 Å². The van der Waals surface area contributed by atoms with Crippen LogP contribution >= 0.6 is 8.03 Å². The van der Waals surface area contributed by atoms with Crippen LogP contribution in [0.15, 0.2) is 0 Å². The van der Waals surface area contributed by atoms with Gasteiger partial charge in [0, 0.05) is 6.92 Å². The highest BCUT2D eigenvalue weighted by molar-refractivity contribution is 7.38. The summed E-state index contributed by atoms with van der Waals surface area (Å²) in [7, 11) is -2.58. The third kappa shape index (κ3) is 2.24. The Morgan fingerprint density at radius 3 is 2.17 bits per heavy atom. The minimum Gasteiger partial charge on any atom is -0.187 e. The Morgan fingerprint density at radius 1 is 2.00 bits per heavy atom. The van der Waals surface area contributed by atoms with Gasteiger partial charge in [-0.05, 0) is 4.57 Å². The van der Waals surface area contributed by atoms with Crippen LogP contribution in [-0.2, 0) is 4.57 Å². The van der Waals surface area contributed by atoms with E-state index in [0.29, 0.717) is 0 Å². The van der Waals surface area contributed by atoms with E-state index in [1.54, 1.807) is 0 Å². The molecule has 0 aliphatic rings. The fourth-order valence-electron chi connectivity index (χ4n) is 0. The standard InChI is InChI=1S/C2H4FO2P/c1-2(3)6(4)5/h2H,1H3/p+1. The van der Waals surface area contributed by atoms with Crippen LogP contribution in [0.1, 0.15) is 6.92 Å². The number of hydrogen-bond donors (Lipinski definition) is 1. The molecule has 0 aromatic rings. The van der Waals surface area contributed by atoms with Crippen molar-refractivity contribution in [2.75, 3.05) is 0 Å². The molecule has 0 radical (unpaired) electrons. The summed E-state index contributed by atoms with van der Waals surface area (Å²) < 4.78 is 20.8. The van der Waals surface area contributed by atoms with E-state index in [1.165, 1.54) is 0 Å². The Bertz CT molecular complexity index is 62.6. The molecule has 0 saturated carbocycles. The van der Waals surface area contributed by atoms with Crippen LogP contribution < -0.4 is 0 Å². The molecule has 0 bridgehead atoms. The summed E-state index contributed by atoms with van der Waals surface area (Å²) in [6, 6.07) is 0. The van der Waals surface area contributed by atoms with E-state index in [1.807, 2.05) is 0 Å². The van der Waals surface area contributed by atoms with Gasteiger partial charge in [-0.15, -0.1) is 0 Å². The van der Waals surface area contributed by atoms with E-state index >= 15 is 0 Å². The van der Waals surface area contributed by atoms with Gasteiger partial charge in [0.1, 0.15) is 0 Å². The van der Waals surface area contributed by atoms with Crippen molar-refractivity contribution in [1.82, 2.24) is 0 Å². The minimum atomic E-state index is -2.58. The van der Waals surface area contributed by atoms with Crippen molar-refractivity contribution in [3.05, 3.63) is 0 Å². The molecule has 0 spiro atoms. The highest BCUT2D eigenvalue weighted by Gasteiger charge is 2.20. The van der Waals surface area contributed by atoms with Crippen molar-refractivity contribution in [1.29, 1.82) is 0 Å². The van der Waals surface area contributed by atoms with Crippen LogP contribution in [0.4, 0.5) is 4.39 Å². The van der Waals surface area contributed by atoms with Crippen LogP contribution in [0.25, 0.3) is 0 Å². The third-order valence-corrected chi connectivity index (χ3v) is 0.913. The predicted octanol–water partition coefficient (Wildman–Crippen LogP) is 1.04. The van der Waals surface area contributed by atoms with Crippen molar-refractivity contribution >= 4 is 8.03 Å². The summed E-state index contributed by atoms with van der Waals surface area (Å²) in [6.45, 7) is 1.04. The summed E-state index contributed by atoms with van der Waals surface area (Å²) in [5.41, 5.74) is 0. The average molecular weight is 111 g/mol. The van der Waals surface area contributed by atoms with Gasteiger partial charge in [-0.25, -0.2) is 0 Å². The molecule has 0 rings (SSSR count). The first kappa shape index (κ1) is 5.99. The maximum absolute atomic E-state index is 11.3. The van der Waals surface area contributed by atoms with Gasteiger partial charge in [-0.2, -0.15) is 9.28 Å². The third-order valence-electron chi connectivity index (χ3n) is 0.304. The van der Waals surface area contributed by atoms with E-state index in [4.69, 9.17) is 4.89 Å². The van der Waals surface area contributed by atoms with Gasteiger partial charge in [0.15, 0.2) is 0 Å². The molecule has 0 fully saturated rings. The van der Waals surface area contributed by atoms with Gasteiger partial charge in [-0.1, -0.05) is 0 Å². The van der Waals surface area contributed by atoms with Crippen LogP contribution in [0.5, 0.6) is 0 Å². The Balaban J connectivity index is 3.26. The van der Waals surface area contributed by atoms with Crippen LogP contribution in [0.3, 0.4) is 0 Å². The quantitative estimate of drug-likeness (QED) is 0.513. The topological polar surface area (TPSA) is 37.3 Å². The first-order valence-electron chi connectivity index (χ1n) is 1.44. The van der Waals surface area contributed by atoms with E-state index in [9.17, 15) is 8.96 Å². The second kappa shape index (κ2) is 2.21. The minimum absolute atomic E-state index is 1.04. The van der Waals surface area contributed by atoms with Gasteiger partial charge in [0.25, 0.3) is 0 Å². The lowest BCUT2D eigenvalue weighted by Gasteiger charge is -1.70. The molecule has 4 heteroatoms. The molecule has 36 valence electrons. The number of rotatable bonds is 1. The maximum Gasteiger partial charge on any atom is 0.542 e. The summed E-state index contributed by atoms with van der Waals surface area (Å²) in [6.07, 6.45) is 0. The summed E-state index contributed by atoms with van der Waals surface area (Å²) in [5, 5.41) is 0. The molecular weight excluding hydrogens is 106 g/mol. The average Bonchev–Trinajstić information content (AvgIpc) is 1.36. The van der Waals surface area contributed by atoms with E-state index in [2.05, 4.69) is 0 Å². The smallest absolute Gasteiger partial charge is 0.187 e. The largest absolute Gasteiger partial charge is 0.542 e. The molecule has 2 atom stereocenters. The van der Waals surface area contributed by atoms with Crippen LogP contribution in [0, 0.1) is 0 Å². The van der Waals surface area contributed by atoms with Crippen LogP contribution in [0.2, 0.25) is 0 Å². The summed E-state index contributed by atoms with van der Waals surface area (Å²) in [4.78, 5) is 7.76. The molecule has 0 aromatic carbocycles. The molecule has 0 saturated heterocycles. The zero-order valence-electron chi connectivity index (χ0n) is 3.26. The molecule has 0 aromatic heterocycles. The fraction of sp³-hybridized carbons (Fsp3) is 1.00. The monoisotopic (exact) mass is 111 g/mol. The lowest BCUT2D eigenvalue weighted by Crippen LogP contribution is -1.78. The predicted molar refractivity (Wildman–Crippen MR) is 20.4 cm³/mol. The molecule has 0 aliphatic heterocycles. The SMILES string of the molecule is CC(F)[P+](=O)O. The molecule has 2 nitrogen and oxygen atoms in total. The van der Waals surface area contributed by atoms with Gasteiger partial charge >= 0.3 is 13.9 Å². The fourth-order valence-corrected chi connectivity index (χ4v) is 0. The lowest BCUT2D eigenvalue weighted by atomic mass is 10.9. The lowest BCUT2D eigenvalue weighted by molar-refractivity contribution is 0.406. The maximum atomic E-state index is 11.3. The van der Waals surface area contributed by atoms with Crippen LogP contribution in [-0.4, -0.2) is 10.8 Å². The molecule has 6 heavy (non-hydrogen) atoms. The number of hydrogen-bond acceptors (Lipinski definition) is 1. The first-order chi connectivity index (χ1) is 2.64. The molecular formula is C2H5FO2P+. The summed E-state index contributed by atoms with van der Waals surface area (Å²) >= 11 is 0. The zero-order chi connectivity index (χ0) is 5.15. The highest BCUT2D eigenvalue weighted by atomic mass is 31.1. The van der Waals surface area contributed by atoms with E-state index in [0.717, 1.165) is 6.92 Å². The highest BCUT2D eigenvalue weighted by Crippen LogP contribution is 2.21. The van der Waals surface area contributed by atoms with Gasteiger partial charge in [-0.3, -0.25) is 0 Å². The molecule has 0 heterocycles. The molecule has 0 aliphatic carbocycles. The zero-order valence-corrected chi connectivity index (χ0v) is 4.15. The second-order valence-electron chi connectivity index (χ2n) is 0.877. The molecule has 2 unspecified atom stereocenters. The summed E-state index contributed by atoms with van der Waals surface area (Å²) in [5.74, 6) is -1.58. The van der Waals surface area contributed by atoms with Crippen molar-refractivity contribution in [2.45, 2.75) is 12.8 Å². The van der Waals surface area contributed by atoms with Gasteiger partial charge < -0.3 is 0 Å². The number of alkyl halides is 1. The molecule has 1 N–H and O–H groups in total. The van der Waals surface area contributed by atoms with E-state index in [-0.39, 0.29) is 0 Å². The van der Waals surface area contributed by atoms with Crippen molar-refractivity contribution in [3.63, 3.8) is 0 Å². The number of halogens is 1.